The van der Waals surface area contributed by atoms with E-state index in [1.807, 2.05) is 19.1 Å². The fourth-order valence-corrected chi connectivity index (χ4v) is 3.52. The molecule has 1 aliphatic rings. The average molecular weight is 414 g/mol. The summed E-state index contributed by atoms with van der Waals surface area (Å²) >= 11 is 0. The van der Waals surface area contributed by atoms with E-state index in [-0.39, 0.29) is 11.8 Å². The molecule has 1 unspecified atom stereocenters. The number of carbonyl (C=O) groups excluding carboxylic acids is 2. The van der Waals surface area contributed by atoms with Gasteiger partial charge in [-0.2, -0.15) is 0 Å². The van der Waals surface area contributed by atoms with Crippen molar-refractivity contribution in [3.05, 3.63) is 83.4 Å². The lowest BCUT2D eigenvalue weighted by molar-refractivity contribution is -0.118. The summed E-state index contributed by atoms with van der Waals surface area (Å²) < 4.78 is 10.5. The van der Waals surface area contributed by atoms with Crippen molar-refractivity contribution in [3.8, 4) is 11.5 Å². The fraction of sp³-hybridized carbons (Fsp3) is 0.160. The molecule has 6 nitrogen and oxygen atoms in total. The Morgan fingerprint density at radius 3 is 2.16 bits per heavy atom. The lowest BCUT2D eigenvalue weighted by Gasteiger charge is -2.31. The highest BCUT2D eigenvalue weighted by Crippen LogP contribution is 2.34. The summed E-state index contributed by atoms with van der Waals surface area (Å²) in [6.07, 6.45) is 1.59. The highest BCUT2D eigenvalue weighted by molar-refractivity contribution is 6.29. The highest BCUT2D eigenvalue weighted by Gasteiger charge is 2.39. The fourth-order valence-electron chi connectivity index (χ4n) is 3.52. The minimum atomic E-state index is -0.706. The topological polar surface area (TPSA) is 68.2 Å². The van der Waals surface area contributed by atoms with Gasteiger partial charge in [-0.25, -0.2) is 4.90 Å². The zero-order valence-electron chi connectivity index (χ0n) is 17.5. The molecule has 0 fully saturated rings. The van der Waals surface area contributed by atoms with E-state index in [0.717, 1.165) is 11.3 Å². The van der Waals surface area contributed by atoms with E-state index in [9.17, 15) is 9.59 Å². The molecule has 4 rings (SSSR count). The number of carbonyl (C=O) groups is 2. The smallest absolute Gasteiger partial charge is 0.265 e. The monoisotopic (exact) mass is 414 g/mol. The van der Waals surface area contributed by atoms with Crippen molar-refractivity contribution in [2.45, 2.75) is 12.8 Å². The van der Waals surface area contributed by atoms with Gasteiger partial charge < -0.3 is 9.47 Å². The predicted octanol–water partition coefficient (Wildman–Crippen LogP) is 4.69. The second-order valence-corrected chi connectivity index (χ2v) is 7.22. The number of aliphatic imine (C=N–C) groups is 1. The van der Waals surface area contributed by atoms with Gasteiger partial charge in [-0.3, -0.25) is 14.6 Å². The number of benzene rings is 3. The standard InChI is InChI=1S/C25H22N2O4/c1-16-4-8-18(9-5-16)27-24(28)22-14-20(31-3)12-13-21(22)23(25(27)29)15-26-17-6-10-19(30-2)11-7-17/h4-15,23H,1-3H3. The Kier molecular flexibility index (Phi) is 5.54. The van der Waals surface area contributed by atoms with Crippen molar-refractivity contribution < 1.29 is 19.1 Å². The van der Waals surface area contributed by atoms with E-state index in [0.29, 0.717) is 28.3 Å². The van der Waals surface area contributed by atoms with Crippen LogP contribution < -0.4 is 14.4 Å². The molecule has 0 saturated carbocycles. The maximum Gasteiger partial charge on any atom is 0.265 e. The summed E-state index contributed by atoms with van der Waals surface area (Å²) in [6, 6.07) is 19.7. The Balaban J connectivity index is 1.77. The first-order valence-corrected chi connectivity index (χ1v) is 9.83. The SMILES string of the molecule is COc1ccc(N=CC2C(=O)N(c3ccc(C)cc3)C(=O)c3cc(OC)ccc32)cc1. The van der Waals surface area contributed by atoms with Crippen molar-refractivity contribution >= 4 is 29.4 Å². The third-order valence-electron chi connectivity index (χ3n) is 5.25. The van der Waals surface area contributed by atoms with Crippen LogP contribution in [0.2, 0.25) is 0 Å². The van der Waals surface area contributed by atoms with Crippen molar-refractivity contribution in [3.63, 3.8) is 0 Å². The molecule has 6 heteroatoms. The van der Waals surface area contributed by atoms with Crippen LogP contribution >= 0.6 is 0 Å². The number of anilines is 1. The molecular formula is C25H22N2O4. The van der Waals surface area contributed by atoms with Gasteiger partial charge in [0, 0.05) is 11.8 Å². The maximum atomic E-state index is 13.4. The third kappa shape index (κ3) is 3.92. The van der Waals surface area contributed by atoms with Crippen LogP contribution in [0.15, 0.2) is 71.7 Å². The Bertz CT molecular complexity index is 1150. The zero-order chi connectivity index (χ0) is 22.0. The van der Waals surface area contributed by atoms with E-state index in [1.54, 1.807) is 75.0 Å². The van der Waals surface area contributed by atoms with Crippen LogP contribution in [-0.2, 0) is 4.79 Å². The first-order valence-electron chi connectivity index (χ1n) is 9.83. The van der Waals surface area contributed by atoms with Gasteiger partial charge in [0.05, 0.1) is 25.6 Å². The Hall–Kier alpha value is -3.93. The first-order chi connectivity index (χ1) is 15.0. The van der Waals surface area contributed by atoms with Crippen molar-refractivity contribution in [2.24, 2.45) is 4.99 Å². The van der Waals surface area contributed by atoms with Gasteiger partial charge in [0.25, 0.3) is 5.91 Å². The molecule has 1 atom stereocenters. The summed E-state index contributed by atoms with van der Waals surface area (Å²) in [6.45, 7) is 1.95. The normalized spacial score (nSPS) is 15.8. The third-order valence-corrected chi connectivity index (χ3v) is 5.25. The number of hydrogen-bond acceptors (Lipinski definition) is 5. The minimum Gasteiger partial charge on any atom is -0.497 e. The van der Waals surface area contributed by atoms with Gasteiger partial charge >= 0.3 is 0 Å². The molecule has 1 aliphatic heterocycles. The van der Waals surface area contributed by atoms with Crippen LogP contribution in [0, 0.1) is 6.92 Å². The molecule has 0 radical (unpaired) electrons. The van der Waals surface area contributed by atoms with Gasteiger partial charge in [-0.15, -0.1) is 0 Å². The number of ether oxygens (including phenoxy) is 2. The summed E-state index contributed by atoms with van der Waals surface area (Å²) in [5.41, 5.74) is 3.28. The summed E-state index contributed by atoms with van der Waals surface area (Å²) in [5, 5.41) is 0. The van der Waals surface area contributed by atoms with Gasteiger partial charge in [-0.05, 0) is 61.0 Å². The molecule has 0 aromatic heterocycles. The van der Waals surface area contributed by atoms with Gasteiger partial charge in [-0.1, -0.05) is 23.8 Å². The summed E-state index contributed by atoms with van der Waals surface area (Å²) in [7, 11) is 3.14. The van der Waals surface area contributed by atoms with E-state index in [4.69, 9.17) is 9.47 Å². The molecule has 0 spiro atoms. The number of rotatable bonds is 5. The van der Waals surface area contributed by atoms with Crippen molar-refractivity contribution in [2.75, 3.05) is 19.1 Å². The Labute approximate surface area is 180 Å². The number of amides is 2. The molecule has 0 aliphatic carbocycles. The molecule has 3 aromatic carbocycles. The van der Waals surface area contributed by atoms with Gasteiger partial charge in [0.15, 0.2) is 0 Å². The van der Waals surface area contributed by atoms with Crippen LogP contribution in [0.5, 0.6) is 11.5 Å². The number of imide groups is 1. The van der Waals surface area contributed by atoms with E-state index >= 15 is 0 Å². The molecule has 31 heavy (non-hydrogen) atoms. The Morgan fingerprint density at radius 1 is 0.871 bits per heavy atom. The summed E-state index contributed by atoms with van der Waals surface area (Å²) in [5.74, 6) is -0.153. The number of methoxy groups -OCH3 is 2. The second-order valence-electron chi connectivity index (χ2n) is 7.22. The lowest BCUT2D eigenvalue weighted by Crippen LogP contribution is -2.45. The molecule has 0 bridgehead atoms. The van der Waals surface area contributed by atoms with E-state index in [1.165, 1.54) is 4.90 Å². The van der Waals surface area contributed by atoms with Crippen LogP contribution in [0.25, 0.3) is 0 Å². The van der Waals surface area contributed by atoms with Crippen LogP contribution in [-0.4, -0.2) is 32.2 Å². The molecular weight excluding hydrogens is 392 g/mol. The molecule has 2 amide bonds. The highest BCUT2D eigenvalue weighted by atomic mass is 16.5. The molecule has 156 valence electrons. The number of aryl methyl sites for hydroxylation is 1. The lowest BCUT2D eigenvalue weighted by atomic mass is 9.88. The second kappa shape index (κ2) is 8.44. The van der Waals surface area contributed by atoms with Gasteiger partial charge in [0.2, 0.25) is 5.91 Å². The molecule has 3 aromatic rings. The number of nitrogens with zero attached hydrogens (tertiary/aromatic N) is 2. The minimum absolute atomic E-state index is 0.344. The summed E-state index contributed by atoms with van der Waals surface area (Å²) in [4.78, 5) is 32.4. The Morgan fingerprint density at radius 2 is 1.52 bits per heavy atom. The van der Waals surface area contributed by atoms with Crippen LogP contribution in [0.4, 0.5) is 11.4 Å². The van der Waals surface area contributed by atoms with Crippen LogP contribution in [0.1, 0.15) is 27.4 Å². The quantitative estimate of drug-likeness (QED) is 0.449. The van der Waals surface area contributed by atoms with Gasteiger partial charge in [0.1, 0.15) is 17.4 Å². The number of hydrogen-bond donors (Lipinski definition) is 0. The number of fused-ring (bicyclic) bond motifs is 1. The van der Waals surface area contributed by atoms with Crippen LogP contribution in [0.3, 0.4) is 0 Å². The van der Waals surface area contributed by atoms with Crippen molar-refractivity contribution in [1.29, 1.82) is 0 Å². The van der Waals surface area contributed by atoms with E-state index in [2.05, 4.69) is 4.99 Å². The molecule has 0 N–H and O–H groups in total. The van der Waals surface area contributed by atoms with E-state index < -0.39 is 5.92 Å². The first kappa shape index (κ1) is 20.3. The predicted molar refractivity (Wildman–Crippen MR) is 120 cm³/mol. The molecule has 1 heterocycles. The maximum absolute atomic E-state index is 13.4. The molecule has 0 saturated heterocycles. The van der Waals surface area contributed by atoms with Crippen molar-refractivity contribution in [1.82, 2.24) is 0 Å². The zero-order valence-corrected chi connectivity index (χ0v) is 17.5. The largest absolute Gasteiger partial charge is 0.497 e. The average Bonchev–Trinajstić information content (AvgIpc) is 2.80.